The van der Waals surface area contributed by atoms with Crippen LogP contribution in [0.2, 0.25) is 5.02 Å². The lowest BCUT2D eigenvalue weighted by Gasteiger charge is -2.11. The number of nitrogens with zero attached hydrogens (tertiary/aromatic N) is 1. The van der Waals surface area contributed by atoms with Gasteiger partial charge in [0.25, 0.3) is 0 Å². The summed E-state index contributed by atoms with van der Waals surface area (Å²) in [7, 11) is 0. The first-order valence-electron chi connectivity index (χ1n) is 5.02. The number of hydrogen-bond acceptors (Lipinski definition) is 2. The highest BCUT2D eigenvalue weighted by molar-refractivity contribution is 9.10. The van der Waals surface area contributed by atoms with Gasteiger partial charge in [-0.1, -0.05) is 17.7 Å². The van der Waals surface area contributed by atoms with Crippen molar-refractivity contribution < 1.29 is 4.39 Å². The van der Waals surface area contributed by atoms with Crippen LogP contribution in [0.25, 0.3) is 0 Å². The number of para-hydroxylation sites is 1. The van der Waals surface area contributed by atoms with E-state index in [1.54, 1.807) is 24.3 Å². The molecule has 0 unspecified atom stereocenters. The van der Waals surface area contributed by atoms with E-state index in [4.69, 9.17) is 16.9 Å². The SMILES string of the molecule is N#Cc1ccc(Nc2c(F)cccc2Cl)c(Br)c1. The second-order valence-electron chi connectivity index (χ2n) is 3.53. The first-order valence-corrected chi connectivity index (χ1v) is 6.19. The Morgan fingerprint density at radius 2 is 2.06 bits per heavy atom. The van der Waals surface area contributed by atoms with E-state index in [-0.39, 0.29) is 5.69 Å². The third-order valence-corrected chi connectivity index (χ3v) is 3.29. The highest BCUT2D eigenvalue weighted by atomic mass is 79.9. The Kier molecular flexibility index (Phi) is 3.85. The van der Waals surface area contributed by atoms with Crippen LogP contribution in [-0.4, -0.2) is 0 Å². The Morgan fingerprint density at radius 1 is 1.28 bits per heavy atom. The first kappa shape index (κ1) is 12.9. The average Bonchev–Trinajstić information content (AvgIpc) is 2.35. The third kappa shape index (κ3) is 2.63. The maximum absolute atomic E-state index is 13.6. The molecular weight excluding hydrogens is 319 g/mol. The molecule has 90 valence electrons. The van der Waals surface area contributed by atoms with Gasteiger partial charge in [-0.25, -0.2) is 4.39 Å². The van der Waals surface area contributed by atoms with Crippen LogP contribution < -0.4 is 5.32 Å². The van der Waals surface area contributed by atoms with Gasteiger partial charge in [-0.05, 0) is 46.3 Å². The van der Waals surface area contributed by atoms with E-state index in [0.717, 1.165) is 0 Å². The largest absolute Gasteiger partial charge is 0.351 e. The van der Waals surface area contributed by atoms with Gasteiger partial charge in [0.1, 0.15) is 5.82 Å². The van der Waals surface area contributed by atoms with Crippen molar-refractivity contribution in [2.75, 3.05) is 5.32 Å². The van der Waals surface area contributed by atoms with Crippen molar-refractivity contribution in [3.63, 3.8) is 0 Å². The van der Waals surface area contributed by atoms with Crippen molar-refractivity contribution in [2.24, 2.45) is 0 Å². The molecule has 0 spiro atoms. The highest BCUT2D eigenvalue weighted by Crippen LogP contribution is 2.32. The second kappa shape index (κ2) is 5.38. The fourth-order valence-corrected chi connectivity index (χ4v) is 2.13. The van der Waals surface area contributed by atoms with Crippen LogP contribution in [0.3, 0.4) is 0 Å². The summed E-state index contributed by atoms with van der Waals surface area (Å²) >= 11 is 9.24. The van der Waals surface area contributed by atoms with Crippen LogP contribution in [0.1, 0.15) is 5.56 Å². The zero-order valence-electron chi connectivity index (χ0n) is 9.05. The van der Waals surface area contributed by atoms with Crippen LogP contribution in [0.5, 0.6) is 0 Å². The molecule has 0 saturated carbocycles. The van der Waals surface area contributed by atoms with E-state index in [1.807, 2.05) is 6.07 Å². The first-order chi connectivity index (χ1) is 8.61. The van der Waals surface area contributed by atoms with Gasteiger partial charge in [0, 0.05) is 4.47 Å². The van der Waals surface area contributed by atoms with Crippen LogP contribution in [0, 0.1) is 17.1 Å². The Balaban J connectivity index is 2.38. The van der Waals surface area contributed by atoms with Crippen molar-refractivity contribution in [1.82, 2.24) is 0 Å². The standard InChI is InChI=1S/C13H7BrClFN2/c14-9-6-8(7-17)4-5-12(9)18-13-10(15)2-1-3-11(13)16/h1-6,18H. The molecule has 0 radical (unpaired) electrons. The van der Waals surface area contributed by atoms with Crippen LogP contribution in [0.15, 0.2) is 40.9 Å². The molecule has 2 aromatic rings. The fourth-order valence-electron chi connectivity index (χ4n) is 1.44. The monoisotopic (exact) mass is 324 g/mol. The normalized spacial score (nSPS) is 9.89. The quantitative estimate of drug-likeness (QED) is 0.856. The number of nitriles is 1. The number of hydrogen-bond donors (Lipinski definition) is 1. The van der Waals surface area contributed by atoms with Crippen molar-refractivity contribution in [3.05, 3.63) is 57.3 Å². The van der Waals surface area contributed by atoms with Crippen molar-refractivity contribution in [3.8, 4) is 6.07 Å². The molecule has 2 rings (SSSR count). The zero-order valence-corrected chi connectivity index (χ0v) is 11.4. The van der Waals surface area contributed by atoms with E-state index >= 15 is 0 Å². The lowest BCUT2D eigenvalue weighted by atomic mass is 10.2. The minimum Gasteiger partial charge on any atom is -0.351 e. The Labute approximate surface area is 117 Å². The smallest absolute Gasteiger partial charge is 0.148 e. The van der Waals surface area contributed by atoms with E-state index in [2.05, 4.69) is 21.2 Å². The predicted molar refractivity (Wildman–Crippen MR) is 73.5 cm³/mol. The van der Waals surface area contributed by atoms with Crippen LogP contribution in [-0.2, 0) is 0 Å². The minimum atomic E-state index is -0.432. The Hall–Kier alpha value is -1.57. The van der Waals surface area contributed by atoms with Gasteiger partial charge < -0.3 is 5.32 Å². The molecule has 0 saturated heterocycles. The molecule has 18 heavy (non-hydrogen) atoms. The Bertz CT molecular complexity index is 617. The molecule has 2 nitrogen and oxygen atoms in total. The molecule has 0 aromatic heterocycles. The molecule has 0 aliphatic heterocycles. The van der Waals surface area contributed by atoms with E-state index < -0.39 is 5.82 Å². The fraction of sp³-hybridized carbons (Fsp3) is 0. The second-order valence-corrected chi connectivity index (χ2v) is 4.79. The van der Waals surface area contributed by atoms with Gasteiger partial charge in [0.15, 0.2) is 0 Å². The number of nitrogens with one attached hydrogen (secondary N) is 1. The molecule has 1 N–H and O–H groups in total. The van der Waals surface area contributed by atoms with Gasteiger partial charge in [0.2, 0.25) is 0 Å². The summed E-state index contributed by atoms with van der Waals surface area (Å²) in [6.07, 6.45) is 0. The van der Waals surface area contributed by atoms with Gasteiger partial charge >= 0.3 is 0 Å². The molecule has 0 fully saturated rings. The van der Waals surface area contributed by atoms with Crippen molar-refractivity contribution in [1.29, 1.82) is 5.26 Å². The molecule has 0 atom stereocenters. The van der Waals surface area contributed by atoms with Gasteiger partial charge in [-0.3, -0.25) is 0 Å². The van der Waals surface area contributed by atoms with Crippen molar-refractivity contribution in [2.45, 2.75) is 0 Å². The summed E-state index contributed by atoms with van der Waals surface area (Å²) in [5, 5.41) is 12.0. The molecule has 0 amide bonds. The molecule has 0 aliphatic rings. The van der Waals surface area contributed by atoms with Crippen LogP contribution >= 0.6 is 27.5 Å². The number of benzene rings is 2. The summed E-state index contributed by atoms with van der Waals surface area (Å²) in [4.78, 5) is 0. The molecular formula is C13H7BrClFN2. The summed E-state index contributed by atoms with van der Waals surface area (Å²) in [5.74, 6) is -0.432. The average molecular weight is 326 g/mol. The van der Waals surface area contributed by atoms with E-state index in [1.165, 1.54) is 12.1 Å². The molecule has 2 aromatic carbocycles. The highest BCUT2D eigenvalue weighted by Gasteiger charge is 2.09. The van der Waals surface area contributed by atoms with Crippen molar-refractivity contribution >= 4 is 38.9 Å². The van der Waals surface area contributed by atoms with Crippen LogP contribution in [0.4, 0.5) is 15.8 Å². The topological polar surface area (TPSA) is 35.8 Å². The molecule has 0 heterocycles. The van der Waals surface area contributed by atoms with E-state index in [9.17, 15) is 4.39 Å². The van der Waals surface area contributed by atoms with E-state index in [0.29, 0.717) is 20.7 Å². The maximum atomic E-state index is 13.6. The summed E-state index contributed by atoms with van der Waals surface area (Å²) in [6, 6.07) is 11.5. The number of halogens is 3. The molecule has 0 aliphatic carbocycles. The molecule has 5 heteroatoms. The van der Waals surface area contributed by atoms with Gasteiger partial charge in [-0.15, -0.1) is 0 Å². The lowest BCUT2D eigenvalue weighted by molar-refractivity contribution is 0.632. The maximum Gasteiger partial charge on any atom is 0.148 e. The number of anilines is 2. The zero-order chi connectivity index (χ0) is 13.1. The third-order valence-electron chi connectivity index (χ3n) is 2.32. The summed E-state index contributed by atoms with van der Waals surface area (Å²) in [5.41, 5.74) is 1.37. The summed E-state index contributed by atoms with van der Waals surface area (Å²) in [6.45, 7) is 0. The lowest BCUT2D eigenvalue weighted by Crippen LogP contribution is -1.96. The number of rotatable bonds is 2. The minimum absolute atomic E-state index is 0.213. The summed E-state index contributed by atoms with van der Waals surface area (Å²) < 4.78 is 14.3. The predicted octanol–water partition coefficient (Wildman–Crippen LogP) is 4.86. The Morgan fingerprint density at radius 3 is 2.67 bits per heavy atom. The molecule has 0 bridgehead atoms. The van der Waals surface area contributed by atoms with Gasteiger partial charge in [0.05, 0.1) is 28.0 Å². The van der Waals surface area contributed by atoms with Gasteiger partial charge in [-0.2, -0.15) is 5.26 Å².